The summed E-state index contributed by atoms with van der Waals surface area (Å²) in [5.74, 6) is 0. The van der Waals surface area contributed by atoms with E-state index in [1.807, 2.05) is 24.7 Å². The predicted molar refractivity (Wildman–Crippen MR) is 42.2 cm³/mol. The highest BCUT2D eigenvalue weighted by atomic mass is 14.9. The van der Waals surface area contributed by atoms with E-state index < -0.39 is 0 Å². The van der Waals surface area contributed by atoms with E-state index >= 15 is 0 Å². The van der Waals surface area contributed by atoms with Crippen LogP contribution in [0.3, 0.4) is 0 Å². The van der Waals surface area contributed by atoms with Gasteiger partial charge in [-0.1, -0.05) is 6.08 Å². The Labute approximate surface area is 57.7 Å². The fourth-order valence-corrected chi connectivity index (χ4v) is 0.718. The minimum Gasteiger partial charge on any atom is -0.244 e. The molecule has 0 saturated heterocycles. The number of allylic oxidation sites excluding steroid dienone is 1. The van der Waals surface area contributed by atoms with Crippen molar-refractivity contribution in [2.45, 2.75) is 13.8 Å². The van der Waals surface area contributed by atoms with Gasteiger partial charge in [0, 0.05) is 0 Å². The molecule has 0 fully saturated rings. The Morgan fingerprint density at radius 1 is 1.33 bits per heavy atom. The second-order valence-corrected chi connectivity index (χ2v) is 3.12. The van der Waals surface area contributed by atoms with Crippen LogP contribution >= 0.6 is 0 Å². The molecule has 0 rings (SSSR count). The molecular weight excluding hydrogens is 110 g/mol. The molecule has 0 bridgehead atoms. The average molecular weight is 126 g/mol. The molecule has 52 valence electrons. The van der Waals surface area contributed by atoms with Crippen LogP contribution in [0.15, 0.2) is 12.7 Å². The van der Waals surface area contributed by atoms with Gasteiger partial charge in [-0.3, -0.25) is 0 Å². The van der Waals surface area contributed by atoms with E-state index in [9.17, 15) is 0 Å². The van der Waals surface area contributed by atoms with Gasteiger partial charge >= 0.3 is 0 Å². The highest BCUT2D eigenvalue weighted by molar-refractivity contribution is 5.62. The SMILES string of the molecule is C=CC(C)(C)C=[N+](C)C. The van der Waals surface area contributed by atoms with Crippen molar-refractivity contribution < 1.29 is 4.58 Å². The van der Waals surface area contributed by atoms with Crippen LogP contribution in [0.5, 0.6) is 0 Å². The summed E-state index contributed by atoms with van der Waals surface area (Å²) in [4.78, 5) is 0. The van der Waals surface area contributed by atoms with Gasteiger partial charge in [0.25, 0.3) is 0 Å². The van der Waals surface area contributed by atoms with Crippen molar-refractivity contribution in [3.05, 3.63) is 12.7 Å². The van der Waals surface area contributed by atoms with Crippen molar-refractivity contribution in [1.82, 2.24) is 0 Å². The van der Waals surface area contributed by atoms with Gasteiger partial charge in [0.05, 0.1) is 5.41 Å². The summed E-state index contributed by atoms with van der Waals surface area (Å²) in [5.41, 5.74) is 0.128. The zero-order valence-electron chi connectivity index (χ0n) is 6.81. The quantitative estimate of drug-likeness (QED) is 0.300. The van der Waals surface area contributed by atoms with Crippen molar-refractivity contribution in [3.8, 4) is 0 Å². The predicted octanol–water partition coefficient (Wildman–Crippen LogP) is 1.54. The van der Waals surface area contributed by atoms with Crippen LogP contribution in [0.2, 0.25) is 0 Å². The maximum Gasteiger partial charge on any atom is 0.148 e. The minimum atomic E-state index is 0.128. The first-order valence-electron chi connectivity index (χ1n) is 3.14. The number of hydrogen-bond acceptors (Lipinski definition) is 0. The second-order valence-electron chi connectivity index (χ2n) is 3.12. The third kappa shape index (κ3) is 3.95. The largest absolute Gasteiger partial charge is 0.244 e. The molecule has 0 unspecified atom stereocenters. The van der Waals surface area contributed by atoms with Gasteiger partial charge in [-0.15, -0.1) is 6.58 Å². The topological polar surface area (TPSA) is 3.01 Å². The highest BCUT2D eigenvalue weighted by Crippen LogP contribution is 2.10. The Morgan fingerprint density at radius 2 is 1.78 bits per heavy atom. The molecule has 9 heavy (non-hydrogen) atoms. The summed E-state index contributed by atoms with van der Waals surface area (Å²) < 4.78 is 2.04. The van der Waals surface area contributed by atoms with E-state index in [1.165, 1.54) is 0 Å². The first-order chi connectivity index (χ1) is 3.98. The Bertz CT molecular complexity index is 128. The molecule has 0 heterocycles. The summed E-state index contributed by atoms with van der Waals surface area (Å²) in [6.07, 6.45) is 4.06. The monoisotopic (exact) mass is 126 g/mol. The van der Waals surface area contributed by atoms with Gasteiger partial charge in [0.2, 0.25) is 0 Å². The van der Waals surface area contributed by atoms with Crippen molar-refractivity contribution in [3.63, 3.8) is 0 Å². The lowest BCUT2D eigenvalue weighted by Gasteiger charge is -2.08. The Kier molecular flexibility index (Phi) is 2.63. The third-order valence-electron chi connectivity index (χ3n) is 1.12. The number of hydrogen-bond donors (Lipinski definition) is 0. The summed E-state index contributed by atoms with van der Waals surface area (Å²) in [5, 5.41) is 0. The van der Waals surface area contributed by atoms with Crippen LogP contribution in [-0.2, 0) is 0 Å². The lowest BCUT2D eigenvalue weighted by atomic mass is 9.96. The smallest absolute Gasteiger partial charge is 0.148 e. The van der Waals surface area contributed by atoms with Crippen molar-refractivity contribution in [1.29, 1.82) is 0 Å². The molecule has 0 aromatic rings. The Balaban J connectivity index is 4.18. The molecule has 1 nitrogen and oxygen atoms in total. The first kappa shape index (κ1) is 8.41. The van der Waals surface area contributed by atoms with E-state index in [-0.39, 0.29) is 5.41 Å². The van der Waals surface area contributed by atoms with E-state index in [2.05, 4.69) is 26.6 Å². The molecule has 0 aliphatic carbocycles. The van der Waals surface area contributed by atoms with Gasteiger partial charge in [0.15, 0.2) is 0 Å². The molecular formula is C8H16N+. The average Bonchev–Trinajstić information content (AvgIpc) is 1.63. The van der Waals surface area contributed by atoms with Crippen LogP contribution in [-0.4, -0.2) is 24.9 Å². The second kappa shape index (κ2) is 2.81. The normalized spacial score (nSPS) is 10.7. The third-order valence-corrected chi connectivity index (χ3v) is 1.12. The molecule has 0 amide bonds. The molecule has 0 aliphatic rings. The first-order valence-corrected chi connectivity index (χ1v) is 3.14. The van der Waals surface area contributed by atoms with Gasteiger partial charge in [-0.25, -0.2) is 4.58 Å². The molecule has 0 radical (unpaired) electrons. The van der Waals surface area contributed by atoms with Gasteiger partial charge in [0.1, 0.15) is 20.3 Å². The van der Waals surface area contributed by atoms with Crippen LogP contribution in [0, 0.1) is 5.41 Å². The van der Waals surface area contributed by atoms with E-state index in [0.717, 1.165) is 0 Å². The lowest BCUT2D eigenvalue weighted by molar-refractivity contribution is -0.462. The molecule has 0 aromatic carbocycles. The minimum absolute atomic E-state index is 0.128. The van der Waals surface area contributed by atoms with Crippen molar-refractivity contribution in [2.75, 3.05) is 14.1 Å². The van der Waals surface area contributed by atoms with E-state index in [0.29, 0.717) is 0 Å². The van der Waals surface area contributed by atoms with E-state index in [4.69, 9.17) is 0 Å². The van der Waals surface area contributed by atoms with Crippen molar-refractivity contribution in [2.24, 2.45) is 5.41 Å². The molecule has 0 N–H and O–H groups in total. The maximum absolute atomic E-state index is 3.73. The van der Waals surface area contributed by atoms with Crippen LogP contribution in [0.25, 0.3) is 0 Å². The lowest BCUT2D eigenvalue weighted by Crippen LogP contribution is -2.15. The number of nitrogens with zero attached hydrogens (tertiary/aromatic N) is 1. The highest BCUT2D eigenvalue weighted by Gasteiger charge is 2.12. The summed E-state index contributed by atoms with van der Waals surface area (Å²) in [7, 11) is 4.04. The van der Waals surface area contributed by atoms with Crippen LogP contribution in [0.1, 0.15) is 13.8 Å². The molecule has 0 atom stereocenters. The molecule has 0 aliphatic heterocycles. The zero-order chi connectivity index (χ0) is 7.49. The van der Waals surface area contributed by atoms with Crippen molar-refractivity contribution >= 4 is 6.21 Å². The fourth-order valence-electron chi connectivity index (χ4n) is 0.718. The number of rotatable bonds is 2. The molecule has 0 saturated carbocycles. The van der Waals surface area contributed by atoms with Crippen LogP contribution in [0.4, 0.5) is 0 Å². The molecule has 0 aromatic heterocycles. The Hall–Kier alpha value is -0.590. The standard InChI is InChI=1S/C8H16N/c1-6-8(2,3)7-9(4)5/h6-7H,1H2,2-5H3/q+1. The van der Waals surface area contributed by atoms with Gasteiger partial charge < -0.3 is 0 Å². The Morgan fingerprint density at radius 3 is 1.89 bits per heavy atom. The summed E-state index contributed by atoms with van der Waals surface area (Å²) >= 11 is 0. The van der Waals surface area contributed by atoms with Gasteiger partial charge in [-0.05, 0) is 13.8 Å². The van der Waals surface area contributed by atoms with E-state index in [1.54, 1.807) is 0 Å². The molecule has 1 heteroatoms. The zero-order valence-corrected chi connectivity index (χ0v) is 6.81. The fraction of sp³-hybridized carbons (Fsp3) is 0.625. The summed E-state index contributed by atoms with van der Waals surface area (Å²) in [6.45, 7) is 7.98. The van der Waals surface area contributed by atoms with Gasteiger partial charge in [-0.2, -0.15) is 0 Å². The molecule has 0 spiro atoms. The van der Waals surface area contributed by atoms with Crippen LogP contribution < -0.4 is 0 Å². The summed E-state index contributed by atoms with van der Waals surface area (Å²) in [6, 6.07) is 0. The maximum atomic E-state index is 3.73.